The summed E-state index contributed by atoms with van der Waals surface area (Å²) in [5, 5.41) is 8.11. The van der Waals surface area contributed by atoms with E-state index in [2.05, 4.69) is 29.3 Å². The van der Waals surface area contributed by atoms with Gasteiger partial charge in [0.2, 0.25) is 0 Å². The molecule has 0 amide bonds. The largest absolute Gasteiger partial charge is 0.383 e. The Morgan fingerprint density at radius 3 is 2.88 bits per heavy atom. The van der Waals surface area contributed by atoms with Gasteiger partial charge in [0, 0.05) is 19.2 Å². The van der Waals surface area contributed by atoms with E-state index in [0.717, 1.165) is 17.9 Å². The molecule has 16 heavy (non-hydrogen) atoms. The van der Waals surface area contributed by atoms with Gasteiger partial charge in [0.05, 0.1) is 6.61 Å². The topological polar surface area (TPSA) is 39.9 Å². The van der Waals surface area contributed by atoms with Crippen LogP contribution in [0.1, 0.15) is 5.56 Å². The van der Waals surface area contributed by atoms with E-state index < -0.39 is 0 Å². The van der Waals surface area contributed by atoms with Crippen LogP contribution >= 0.6 is 0 Å². The van der Waals surface area contributed by atoms with E-state index in [1.807, 2.05) is 16.7 Å². The molecular formula is C12H15N3O. The lowest BCUT2D eigenvalue weighted by Gasteiger charge is -2.07. The molecule has 0 aliphatic heterocycles. The van der Waals surface area contributed by atoms with Gasteiger partial charge in [0.25, 0.3) is 0 Å². The molecular weight excluding hydrogens is 202 g/mol. The third kappa shape index (κ3) is 2.12. The molecule has 0 N–H and O–H groups in total. The summed E-state index contributed by atoms with van der Waals surface area (Å²) in [5.41, 5.74) is 2.32. The van der Waals surface area contributed by atoms with E-state index in [-0.39, 0.29) is 0 Å². The molecule has 0 radical (unpaired) electrons. The zero-order valence-electron chi connectivity index (χ0n) is 9.55. The molecule has 0 atom stereocenters. The maximum Gasteiger partial charge on any atom is 0.164 e. The Bertz CT molecular complexity index is 465. The number of aryl methyl sites for hydroxylation is 1. The van der Waals surface area contributed by atoms with Crippen LogP contribution < -0.4 is 0 Å². The first kappa shape index (κ1) is 10.8. The van der Waals surface area contributed by atoms with Gasteiger partial charge in [0.1, 0.15) is 6.33 Å². The summed E-state index contributed by atoms with van der Waals surface area (Å²) in [5.74, 6) is 0.898. The molecule has 2 aromatic rings. The number of benzene rings is 1. The van der Waals surface area contributed by atoms with Crippen LogP contribution in [0.25, 0.3) is 11.4 Å². The Kier molecular flexibility index (Phi) is 3.31. The highest BCUT2D eigenvalue weighted by Gasteiger charge is 2.08. The third-order valence-corrected chi connectivity index (χ3v) is 2.54. The fourth-order valence-electron chi connectivity index (χ4n) is 1.64. The Balaban J connectivity index is 2.33. The van der Waals surface area contributed by atoms with Crippen LogP contribution in [0.5, 0.6) is 0 Å². The first-order valence-electron chi connectivity index (χ1n) is 5.25. The van der Waals surface area contributed by atoms with Crippen molar-refractivity contribution in [1.29, 1.82) is 0 Å². The van der Waals surface area contributed by atoms with E-state index in [0.29, 0.717) is 6.61 Å². The molecule has 0 bridgehead atoms. The van der Waals surface area contributed by atoms with Crippen LogP contribution in [0, 0.1) is 6.92 Å². The average Bonchev–Trinajstić information content (AvgIpc) is 2.75. The molecule has 0 unspecified atom stereocenters. The predicted octanol–water partition coefficient (Wildman–Crippen LogP) is 1.90. The summed E-state index contributed by atoms with van der Waals surface area (Å²) in [6.07, 6.45) is 1.74. The molecule has 0 fully saturated rings. The van der Waals surface area contributed by atoms with Gasteiger partial charge >= 0.3 is 0 Å². The fraction of sp³-hybridized carbons (Fsp3) is 0.333. The predicted molar refractivity (Wildman–Crippen MR) is 62.1 cm³/mol. The van der Waals surface area contributed by atoms with Crippen molar-refractivity contribution in [3.8, 4) is 11.4 Å². The quantitative estimate of drug-likeness (QED) is 0.785. The van der Waals surface area contributed by atoms with Crippen molar-refractivity contribution < 1.29 is 4.74 Å². The van der Waals surface area contributed by atoms with E-state index >= 15 is 0 Å². The Hall–Kier alpha value is -1.68. The zero-order chi connectivity index (χ0) is 11.4. The SMILES string of the molecule is COCCn1cnnc1-c1ccccc1C. The Morgan fingerprint density at radius 2 is 2.12 bits per heavy atom. The molecule has 1 aromatic heterocycles. The number of aromatic nitrogens is 3. The standard InChI is InChI=1S/C12H15N3O/c1-10-5-3-4-6-11(10)12-14-13-9-15(12)7-8-16-2/h3-6,9H,7-8H2,1-2H3. The van der Waals surface area contributed by atoms with Crippen molar-refractivity contribution in [2.75, 3.05) is 13.7 Å². The Labute approximate surface area is 94.9 Å². The van der Waals surface area contributed by atoms with E-state index in [1.165, 1.54) is 5.56 Å². The van der Waals surface area contributed by atoms with Gasteiger partial charge in [-0.05, 0) is 12.5 Å². The molecule has 84 valence electrons. The monoisotopic (exact) mass is 217 g/mol. The van der Waals surface area contributed by atoms with Crippen molar-refractivity contribution in [3.05, 3.63) is 36.2 Å². The molecule has 0 aliphatic carbocycles. The number of rotatable bonds is 4. The van der Waals surface area contributed by atoms with Gasteiger partial charge < -0.3 is 9.30 Å². The van der Waals surface area contributed by atoms with Crippen LogP contribution in [0.15, 0.2) is 30.6 Å². The lowest BCUT2D eigenvalue weighted by atomic mass is 10.1. The van der Waals surface area contributed by atoms with Gasteiger partial charge in [-0.1, -0.05) is 24.3 Å². The van der Waals surface area contributed by atoms with Gasteiger partial charge in [-0.2, -0.15) is 0 Å². The van der Waals surface area contributed by atoms with Gasteiger partial charge in [-0.3, -0.25) is 0 Å². The van der Waals surface area contributed by atoms with Crippen molar-refractivity contribution in [2.24, 2.45) is 0 Å². The van der Waals surface area contributed by atoms with Crippen molar-refractivity contribution in [3.63, 3.8) is 0 Å². The summed E-state index contributed by atoms with van der Waals surface area (Å²) >= 11 is 0. The molecule has 4 nitrogen and oxygen atoms in total. The molecule has 1 aromatic carbocycles. The second-order valence-corrected chi connectivity index (χ2v) is 3.66. The number of hydrogen-bond donors (Lipinski definition) is 0. The average molecular weight is 217 g/mol. The normalized spacial score (nSPS) is 10.6. The smallest absolute Gasteiger partial charge is 0.164 e. The minimum absolute atomic E-state index is 0.664. The highest BCUT2D eigenvalue weighted by Crippen LogP contribution is 2.20. The minimum Gasteiger partial charge on any atom is -0.383 e. The van der Waals surface area contributed by atoms with Crippen LogP contribution in [0.3, 0.4) is 0 Å². The van der Waals surface area contributed by atoms with Crippen molar-refractivity contribution in [1.82, 2.24) is 14.8 Å². The van der Waals surface area contributed by atoms with Crippen LogP contribution in [0.4, 0.5) is 0 Å². The number of hydrogen-bond acceptors (Lipinski definition) is 3. The molecule has 0 aliphatic rings. The summed E-state index contributed by atoms with van der Waals surface area (Å²) in [6.45, 7) is 3.51. The number of methoxy groups -OCH3 is 1. The van der Waals surface area contributed by atoms with Crippen LogP contribution in [-0.2, 0) is 11.3 Å². The summed E-state index contributed by atoms with van der Waals surface area (Å²) in [6, 6.07) is 8.17. The number of ether oxygens (including phenoxy) is 1. The van der Waals surface area contributed by atoms with Crippen LogP contribution in [-0.4, -0.2) is 28.5 Å². The molecule has 0 saturated heterocycles. The second-order valence-electron chi connectivity index (χ2n) is 3.66. The summed E-state index contributed by atoms with van der Waals surface area (Å²) in [7, 11) is 1.69. The van der Waals surface area contributed by atoms with Gasteiger partial charge in [0.15, 0.2) is 5.82 Å². The molecule has 0 spiro atoms. The van der Waals surface area contributed by atoms with Crippen molar-refractivity contribution >= 4 is 0 Å². The van der Waals surface area contributed by atoms with Crippen LogP contribution in [0.2, 0.25) is 0 Å². The molecule has 4 heteroatoms. The maximum atomic E-state index is 5.06. The Morgan fingerprint density at radius 1 is 1.31 bits per heavy atom. The summed E-state index contributed by atoms with van der Waals surface area (Å²) < 4.78 is 7.07. The number of nitrogens with zero attached hydrogens (tertiary/aromatic N) is 3. The minimum atomic E-state index is 0.664. The zero-order valence-corrected chi connectivity index (χ0v) is 9.55. The summed E-state index contributed by atoms with van der Waals surface area (Å²) in [4.78, 5) is 0. The maximum absolute atomic E-state index is 5.06. The van der Waals surface area contributed by atoms with Gasteiger partial charge in [-0.25, -0.2) is 0 Å². The molecule has 0 saturated carbocycles. The van der Waals surface area contributed by atoms with E-state index in [4.69, 9.17) is 4.74 Å². The fourth-order valence-corrected chi connectivity index (χ4v) is 1.64. The van der Waals surface area contributed by atoms with Gasteiger partial charge in [-0.15, -0.1) is 10.2 Å². The van der Waals surface area contributed by atoms with Crippen molar-refractivity contribution in [2.45, 2.75) is 13.5 Å². The molecule has 1 heterocycles. The lowest BCUT2D eigenvalue weighted by molar-refractivity contribution is 0.187. The third-order valence-electron chi connectivity index (χ3n) is 2.54. The second kappa shape index (κ2) is 4.90. The highest BCUT2D eigenvalue weighted by molar-refractivity contribution is 5.59. The van der Waals surface area contributed by atoms with E-state index in [1.54, 1.807) is 13.4 Å². The lowest BCUT2D eigenvalue weighted by Crippen LogP contribution is -2.05. The first-order valence-corrected chi connectivity index (χ1v) is 5.25. The molecule has 2 rings (SSSR count). The first-order chi connectivity index (χ1) is 7.83. The highest BCUT2D eigenvalue weighted by atomic mass is 16.5. The van der Waals surface area contributed by atoms with E-state index in [9.17, 15) is 0 Å².